The van der Waals surface area contributed by atoms with Gasteiger partial charge in [0, 0.05) is 16.6 Å². The third-order valence-corrected chi connectivity index (χ3v) is 3.60. The highest BCUT2D eigenvalue weighted by atomic mass is 35.5. The zero-order chi connectivity index (χ0) is 12.4. The van der Waals surface area contributed by atoms with Gasteiger partial charge in [0.1, 0.15) is 5.82 Å². The summed E-state index contributed by atoms with van der Waals surface area (Å²) in [5.74, 6) is -0.293. The molecule has 2 nitrogen and oxygen atoms in total. The van der Waals surface area contributed by atoms with Crippen molar-refractivity contribution in [2.75, 3.05) is 0 Å². The van der Waals surface area contributed by atoms with Crippen LogP contribution in [0.1, 0.15) is 25.3 Å². The second kappa shape index (κ2) is 5.34. The zero-order valence-corrected chi connectivity index (χ0v) is 10.6. The lowest BCUT2D eigenvalue weighted by atomic mass is 9.99. The Labute approximate surface area is 106 Å². The Morgan fingerprint density at radius 3 is 2.88 bits per heavy atom. The minimum absolute atomic E-state index is 0.0145. The van der Waals surface area contributed by atoms with Crippen LogP contribution >= 0.6 is 11.6 Å². The van der Waals surface area contributed by atoms with Crippen LogP contribution in [0.2, 0.25) is 5.02 Å². The SMILES string of the molecule is CC1CCC(C(N)Cc2c(F)cccc2Cl)O1. The Balaban J connectivity index is 2.05. The lowest BCUT2D eigenvalue weighted by Gasteiger charge is -2.20. The van der Waals surface area contributed by atoms with E-state index in [1.807, 2.05) is 6.92 Å². The van der Waals surface area contributed by atoms with Gasteiger partial charge in [-0.2, -0.15) is 0 Å². The summed E-state index contributed by atoms with van der Waals surface area (Å²) in [5.41, 5.74) is 6.55. The van der Waals surface area contributed by atoms with E-state index in [1.54, 1.807) is 12.1 Å². The van der Waals surface area contributed by atoms with Crippen LogP contribution in [-0.2, 0) is 11.2 Å². The second-order valence-electron chi connectivity index (χ2n) is 4.63. The molecule has 17 heavy (non-hydrogen) atoms. The van der Waals surface area contributed by atoms with E-state index in [-0.39, 0.29) is 24.1 Å². The summed E-state index contributed by atoms with van der Waals surface area (Å²) < 4.78 is 19.3. The summed E-state index contributed by atoms with van der Waals surface area (Å²) in [6.07, 6.45) is 2.64. The first-order chi connectivity index (χ1) is 8.08. The van der Waals surface area contributed by atoms with Crippen molar-refractivity contribution in [3.63, 3.8) is 0 Å². The maximum Gasteiger partial charge on any atom is 0.127 e. The average molecular weight is 258 g/mol. The molecule has 1 fully saturated rings. The number of hydrogen-bond donors (Lipinski definition) is 1. The Hall–Kier alpha value is -0.640. The first kappa shape index (κ1) is 12.8. The maximum atomic E-state index is 13.6. The smallest absolute Gasteiger partial charge is 0.127 e. The Morgan fingerprint density at radius 1 is 1.53 bits per heavy atom. The van der Waals surface area contributed by atoms with Crippen molar-refractivity contribution in [1.29, 1.82) is 0 Å². The Bertz CT molecular complexity index is 379. The molecule has 1 saturated heterocycles. The van der Waals surface area contributed by atoms with Gasteiger partial charge in [-0.1, -0.05) is 17.7 Å². The molecule has 0 radical (unpaired) electrons. The largest absolute Gasteiger partial charge is 0.374 e. The van der Waals surface area contributed by atoms with E-state index in [9.17, 15) is 4.39 Å². The Morgan fingerprint density at radius 2 is 2.29 bits per heavy atom. The number of nitrogens with two attached hydrogens (primary N) is 1. The normalized spacial score (nSPS) is 26.1. The first-order valence-corrected chi connectivity index (χ1v) is 6.29. The maximum absolute atomic E-state index is 13.6. The minimum Gasteiger partial charge on any atom is -0.374 e. The van der Waals surface area contributed by atoms with Gasteiger partial charge in [0.25, 0.3) is 0 Å². The molecule has 0 aliphatic carbocycles. The molecule has 1 aromatic rings. The highest BCUT2D eigenvalue weighted by Crippen LogP contribution is 2.25. The highest BCUT2D eigenvalue weighted by Gasteiger charge is 2.28. The molecule has 1 heterocycles. The molecule has 1 aromatic carbocycles. The average Bonchev–Trinajstić information content (AvgIpc) is 2.70. The van der Waals surface area contributed by atoms with Crippen molar-refractivity contribution >= 4 is 11.6 Å². The number of rotatable bonds is 3. The molecule has 3 atom stereocenters. The molecular formula is C13H17ClFNO. The number of benzene rings is 1. The van der Waals surface area contributed by atoms with E-state index >= 15 is 0 Å². The van der Waals surface area contributed by atoms with E-state index in [0.29, 0.717) is 17.0 Å². The monoisotopic (exact) mass is 257 g/mol. The van der Waals surface area contributed by atoms with E-state index in [2.05, 4.69) is 0 Å². The molecule has 4 heteroatoms. The van der Waals surface area contributed by atoms with E-state index in [4.69, 9.17) is 22.1 Å². The van der Waals surface area contributed by atoms with Crippen molar-refractivity contribution in [3.8, 4) is 0 Å². The van der Waals surface area contributed by atoms with E-state index < -0.39 is 0 Å². The predicted molar refractivity (Wildman–Crippen MR) is 66.7 cm³/mol. The highest BCUT2D eigenvalue weighted by molar-refractivity contribution is 6.31. The molecule has 3 unspecified atom stereocenters. The lowest BCUT2D eigenvalue weighted by Crippen LogP contribution is -2.37. The van der Waals surface area contributed by atoms with Gasteiger partial charge < -0.3 is 10.5 Å². The standard InChI is InChI=1S/C13H17ClFNO/c1-8-5-6-13(17-8)12(16)7-9-10(14)3-2-4-11(9)15/h2-4,8,12-13H,5-7,16H2,1H3. The quantitative estimate of drug-likeness (QED) is 0.904. The molecule has 1 aliphatic heterocycles. The Kier molecular flexibility index (Phi) is 4.02. The van der Waals surface area contributed by atoms with Crippen LogP contribution in [0.3, 0.4) is 0 Å². The zero-order valence-electron chi connectivity index (χ0n) is 9.83. The van der Waals surface area contributed by atoms with Crippen molar-refractivity contribution in [3.05, 3.63) is 34.6 Å². The molecule has 94 valence electrons. The van der Waals surface area contributed by atoms with Gasteiger partial charge in [0.05, 0.1) is 12.2 Å². The molecular weight excluding hydrogens is 241 g/mol. The van der Waals surface area contributed by atoms with Crippen LogP contribution in [0.15, 0.2) is 18.2 Å². The third kappa shape index (κ3) is 2.97. The van der Waals surface area contributed by atoms with Crippen LogP contribution in [0, 0.1) is 5.82 Å². The second-order valence-corrected chi connectivity index (χ2v) is 5.04. The van der Waals surface area contributed by atoms with Crippen LogP contribution in [0.25, 0.3) is 0 Å². The van der Waals surface area contributed by atoms with Gasteiger partial charge in [-0.05, 0) is 38.3 Å². The topological polar surface area (TPSA) is 35.2 Å². The van der Waals surface area contributed by atoms with Gasteiger partial charge in [0.15, 0.2) is 0 Å². The predicted octanol–water partition coefficient (Wildman–Crippen LogP) is 2.92. The summed E-state index contributed by atoms with van der Waals surface area (Å²) in [6, 6.07) is 4.49. The summed E-state index contributed by atoms with van der Waals surface area (Å²) in [6.45, 7) is 2.03. The fourth-order valence-corrected chi connectivity index (χ4v) is 2.48. The fraction of sp³-hybridized carbons (Fsp3) is 0.538. The fourth-order valence-electron chi connectivity index (χ4n) is 2.24. The molecule has 0 spiro atoms. The van der Waals surface area contributed by atoms with Crippen LogP contribution < -0.4 is 5.73 Å². The van der Waals surface area contributed by atoms with Crippen LogP contribution in [-0.4, -0.2) is 18.2 Å². The molecule has 0 aromatic heterocycles. The van der Waals surface area contributed by atoms with Gasteiger partial charge in [-0.25, -0.2) is 4.39 Å². The van der Waals surface area contributed by atoms with Gasteiger partial charge in [0.2, 0.25) is 0 Å². The minimum atomic E-state index is -0.293. The van der Waals surface area contributed by atoms with E-state index in [1.165, 1.54) is 6.07 Å². The molecule has 0 amide bonds. The molecule has 0 saturated carbocycles. The summed E-state index contributed by atoms with van der Waals surface area (Å²) >= 11 is 5.97. The third-order valence-electron chi connectivity index (χ3n) is 3.24. The summed E-state index contributed by atoms with van der Waals surface area (Å²) in [4.78, 5) is 0. The van der Waals surface area contributed by atoms with Gasteiger partial charge in [-0.15, -0.1) is 0 Å². The first-order valence-electron chi connectivity index (χ1n) is 5.92. The number of ether oxygens (including phenoxy) is 1. The lowest BCUT2D eigenvalue weighted by molar-refractivity contribution is 0.0403. The number of halogens is 2. The molecule has 2 N–H and O–H groups in total. The molecule has 0 bridgehead atoms. The van der Waals surface area contributed by atoms with Crippen molar-refractivity contribution in [2.45, 2.75) is 44.4 Å². The van der Waals surface area contributed by atoms with Crippen molar-refractivity contribution < 1.29 is 9.13 Å². The van der Waals surface area contributed by atoms with Crippen LogP contribution in [0.4, 0.5) is 4.39 Å². The van der Waals surface area contributed by atoms with Gasteiger partial charge >= 0.3 is 0 Å². The molecule has 2 rings (SSSR count). The van der Waals surface area contributed by atoms with Crippen LogP contribution in [0.5, 0.6) is 0 Å². The van der Waals surface area contributed by atoms with Gasteiger partial charge in [-0.3, -0.25) is 0 Å². The van der Waals surface area contributed by atoms with E-state index in [0.717, 1.165) is 12.8 Å². The summed E-state index contributed by atoms with van der Waals surface area (Å²) in [5, 5.41) is 0.437. The number of hydrogen-bond acceptors (Lipinski definition) is 2. The van der Waals surface area contributed by atoms with Crippen molar-refractivity contribution in [2.24, 2.45) is 5.73 Å². The summed E-state index contributed by atoms with van der Waals surface area (Å²) in [7, 11) is 0. The molecule has 1 aliphatic rings. The van der Waals surface area contributed by atoms with Crippen molar-refractivity contribution in [1.82, 2.24) is 0 Å².